The smallest absolute Gasteiger partial charge is 0.306 e. The molecule has 0 aliphatic rings. The fourth-order valence-electron chi connectivity index (χ4n) is 9.64. The van der Waals surface area contributed by atoms with Gasteiger partial charge in [-0.25, -0.2) is 0 Å². The molecule has 0 aliphatic carbocycles. The van der Waals surface area contributed by atoms with Crippen LogP contribution in [0.2, 0.25) is 0 Å². The second-order valence-corrected chi connectivity index (χ2v) is 21.1. The topological polar surface area (TPSA) is 95.9 Å². The van der Waals surface area contributed by atoms with Gasteiger partial charge in [0, 0.05) is 6.42 Å². The highest BCUT2D eigenvalue weighted by molar-refractivity contribution is 5.77. The number of unbranched alkanes of at least 4 members (excludes halogenated alkanes) is 40. The van der Waals surface area contributed by atoms with Gasteiger partial charge >= 0.3 is 5.97 Å². The summed E-state index contributed by atoms with van der Waals surface area (Å²) in [6.45, 7) is 6.51. The number of ether oxygens (including phenoxy) is 1. The van der Waals surface area contributed by atoms with Crippen LogP contribution < -0.4 is 5.32 Å². The molecule has 3 unspecified atom stereocenters. The maximum absolute atomic E-state index is 13.3. The first kappa shape index (κ1) is 66.3. The number of rotatable bonds is 56. The molecule has 0 aromatic rings. The van der Waals surface area contributed by atoms with Gasteiger partial charge in [-0.3, -0.25) is 9.59 Å². The summed E-state index contributed by atoms with van der Waals surface area (Å²) in [5.74, 6) is -0.456. The number of aliphatic hydroxyl groups is 2. The number of allylic oxidation sites excluding steroid dienone is 4. The molecule has 6 nitrogen and oxygen atoms in total. The number of esters is 1. The van der Waals surface area contributed by atoms with Gasteiger partial charge in [0.2, 0.25) is 5.91 Å². The number of carbonyl (C=O) groups is 2. The lowest BCUT2D eigenvalue weighted by atomic mass is 10.0. The molecule has 0 heterocycles. The summed E-state index contributed by atoms with van der Waals surface area (Å²) in [7, 11) is 0. The minimum absolute atomic E-state index is 0.0825. The predicted octanol–water partition coefficient (Wildman–Crippen LogP) is 19.0. The molecule has 402 valence electrons. The summed E-state index contributed by atoms with van der Waals surface area (Å²) in [6, 6.07) is -0.698. The standard InChI is InChI=1S/C62H119NO5/c1-4-7-10-13-16-19-22-25-27-29-30-32-34-37-40-43-46-49-52-55-62(67)68-58(53-50-47-44-41-38-35-24-21-18-15-12-9-6-3)56-61(66)63-59(57-64)60(65)54-51-48-45-42-39-36-33-31-28-26-23-20-17-14-11-8-5-2/h16,19,25,27,58-60,64-65H,4-15,17-18,20-24,26,28-57H2,1-3H3,(H,63,66)/b19-16-,27-25-. The highest BCUT2D eigenvalue weighted by Crippen LogP contribution is 2.19. The van der Waals surface area contributed by atoms with Crippen LogP contribution in [0.5, 0.6) is 0 Å². The maximum Gasteiger partial charge on any atom is 0.306 e. The lowest BCUT2D eigenvalue weighted by molar-refractivity contribution is -0.151. The average Bonchev–Trinajstić information content (AvgIpc) is 3.33. The Morgan fingerprint density at radius 1 is 0.426 bits per heavy atom. The number of hydrogen-bond acceptors (Lipinski definition) is 5. The highest BCUT2D eigenvalue weighted by atomic mass is 16.5. The summed E-state index contributed by atoms with van der Waals surface area (Å²) in [5.41, 5.74) is 0. The summed E-state index contributed by atoms with van der Waals surface area (Å²) in [5, 5.41) is 23.9. The van der Waals surface area contributed by atoms with E-state index in [-0.39, 0.29) is 24.9 Å². The van der Waals surface area contributed by atoms with E-state index in [9.17, 15) is 19.8 Å². The summed E-state index contributed by atoms with van der Waals surface area (Å²) < 4.78 is 5.97. The Balaban J connectivity index is 4.45. The zero-order valence-electron chi connectivity index (χ0n) is 46.0. The first-order chi connectivity index (χ1) is 33.5. The molecule has 0 saturated carbocycles. The molecule has 0 radical (unpaired) electrons. The van der Waals surface area contributed by atoms with Crippen LogP contribution >= 0.6 is 0 Å². The molecule has 3 atom stereocenters. The van der Waals surface area contributed by atoms with Gasteiger partial charge in [-0.1, -0.05) is 289 Å². The Morgan fingerprint density at radius 2 is 0.750 bits per heavy atom. The van der Waals surface area contributed by atoms with Gasteiger partial charge in [-0.05, 0) is 57.8 Å². The third-order valence-electron chi connectivity index (χ3n) is 14.3. The van der Waals surface area contributed by atoms with E-state index in [4.69, 9.17) is 4.74 Å². The Labute approximate surface area is 424 Å². The van der Waals surface area contributed by atoms with E-state index >= 15 is 0 Å². The van der Waals surface area contributed by atoms with Crippen LogP contribution in [0.25, 0.3) is 0 Å². The van der Waals surface area contributed by atoms with Gasteiger partial charge in [0.1, 0.15) is 6.10 Å². The molecule has 3 N–H and O–H groups in total. The van der Waals surface area contributed by atoms with Crippen LogP contribution in [0.3, 0.4) is 0 Å². The van der Waals surface area contributed by atoms with Crippen LogP contribution in [-0.4, -0.2) is 46.9 Å². The molecule has 6 heteroatoms. The largest absolute Gasteiger partial charge is 0.462 e. The number of amides is 1. The zero-order chi connectivity index (χ0) is 49.5. The lowest BCUT2D eigenvalue weighted by Crippen LogP contribution is -2.46. The molecule has 0 saturated heterocycles. The minimum Gasteiger partial charge on any atom is -0.462 e. The van der Waals surface area contributed by atoms with Crippen LogP contribution in [0.4, 0.5) is 0 Å². The monoisotopic (exact) mass is 958 g/mol. The van der Waals surface area contributed by atoms with Crippen LogP contribution in [-0.2, 0) is 14.3 Å². The molecule has 0 bridgehead atoms. The zero-order valence-corrected chi connectivity index (χ0v) is 46.0. The summed E-state index contributed by atoms with van der Waals surface area (Å²) in [4.78, 5) is 26.3. The third kappa shape index (κ3) is 50.7. The van der Waals surface area contributed by atoms with E-state index in [1.807, 2.05) is 0 Å². The van der Waals surface area contributed by atoms with Gasteiger partial charge in [-0.2, -0.15) is 0 Å². The Hall–Kier alpha value is -1.66. The van der Waals surface area contributed by atoms with Gasteiger partial charge in [0.15, 0.2) is 0 Å². The van der Waals surface area contributed by atoms with E-state index in [2.05, 4.69) is 50.4 Å². The van der Waals surface area contributed by atoms with Crippen LogP contribution in [0, 0.1) is 0 Å². The fraction of sp³-hybridized carbons (Fsp3) is 0.903. The third-order valence-corrected chi connectivity index (χ3v) is 14.3. The quantitative estimate of drug-likeness (QED) is 0.0321. The molecule has 1 amide bonds. The lowest BCUT2D eigenvalue weighted by Gasteiger charge is -2.24. The highest BCUT2D eigenvalue weighted by Gasteiger charge is 2.24. The molecule has 0 spiro atoms. The first-order valence-electron chi connectivity index (χ1n) is 30.6. The molecular formula is C62H119NO5. The summed E-state index contributed by atoms with van der Waals surface area (Å²) >= 11 is 0. The van der Waals surface area contributed by atoms with Gasteiger partial charge in [0.05, 0.1) is 25.2 Å². The van der Waals surface area contributed by atoms with E-state index in [1.54, 1.807) is 0 Å². The van der Waals surface area contributed by atoms with E-state index < -0.39 is 18.2 Å². The van der Waals surface area contributed by atoms with Crippen molar-refractivity contribution in [3.63, 3.8) is 0 Å². The average molecular weight is 959 g/mol. The van der Waals surface area contributed by atoms with Crippen molar-refractivity contribution in [3.05, 3.63) is 24.3 Å². The fourth-order valence-corrected chi connectivity index (χ4v) is 9.64. The number of nitrogens with one attached hydrogen (secondary N) is 1. The van der Waals surface area contributed by atoms with E-state index in [1.165, 1.54) is 238 Å². The molecule has 0 aromatic heterocycles. The Bertz CT molecular complexity index is 1080. The minimum atomic E-state index is -0.785. The summed E-state index contributed by atoms with van der Waals surface area (Å²) in [6.07, 6.45) is 66.7. The van der Waals surface area contributed by atoms with Gasteiger partial charge < -0.3 is 20.3 Å². The second-order valence-electron chi connectivity index (χ2n) is 21.1. The number of hydrogen-bond donors (Lipinski definition) is 3. The van der Waals surface area contributed by atoms with Crippen LogP contribution in [0.15, 0.2) is 24.3 Å². The van der Waals surface area contributed by atoms with Crippen molar-refractivity contribution in [3.8, 4) is 0 Å². The van der Waals surface area contributed by atoms with Crippen molar-refractivity contribution in [2.45, 2.75) is 354 Å². The SMILES string of the molecule is CCCCC/C=C\C/C=C\CCCCCCCCCCCC(=O)OC(CCCCCCCCCCCCCCC)CC(=O)NC(CO)C(O)CCCCCCCCCCCCCCCCCCC. The second kappa shape index (κ2) is 56.3. The molecule has 0 rings (SSSR count). The Kier molecular flexibility index (Phi) is 54.9. The number of carbonyl (C=O) groups excluding carboxylic acids is 2. The van der Waals surface area contributed by atoms with Crippen LogP contribution in [0.1, 0.15) is 335 Å². The molecule has 0 fully saturated rings. The molecule has 0 aromatic carbocycles. The normalized spacial score (nSPS) is 13.2. The van der Waals surface area contributed by atoms with Gasteiger partial charge in [-0.15, -0.1) is 0 Å². The van der Waals surface area contributed by atoms with Crippen molar-refractivity contribution in [2.24, 2.45) is 0 Å². The van der Waals surface area contributed by atoms with E-state index in [0.29, 0.717) is 19.3 Å². The number of aliphatic hydroxyl groups excluding tert-OH is 2. The van der Waals surface area contributed by atoms with Crippen molar-refractivity contribution in [2.75, 3.05) is 6.61 Å². The van der Waals surface area contributed by atoms with Crippen molar-refractivity contribution >= 4 is 11.9 Å². The molecule has 0 aliphatic heterocycles. The predicted molar refractivity (Wildman–Crippen MR) is 296 cm³/mol. The van der Waals surface area contributed by atoms with Crippen molar-refractivity contribution in [1.82, 2.24) is 5.32 Å². The van der Waals surface area contributed by atoms with Gasteiger partial charge in [0.25, 0.3) is 0 Å². The molecular weight excluding hydrogens is 839 g/mol. The Morgan fingerprint density at radius 3 is 1.15 bits per heavy atom. The molecule has 68 heavy (non-hydrogen) atoms. The van der Waals surface area contributed by atoms with Crippen molar-refractivity contribution < 1.29 is 24.5 Å². The van der Waals surface area contributed by atoms with E-state index in [0.717, 1.165) is 51.4 Å². The maximum atomic E-state index is 13.3. The van der Waals surface area contributed by atoms with Crippen molar-refractivity contribution in [1.29, 1.82) is 0 Å². The first-order valence-corrected chi connectivity index (χ1v) is 30.6.